The van der Waals surface area contributed by atoms with E-state index in [0.717, 1.165) is 4.88 Å². The van der Waals surface area contributed by atoms with E-state index in [0.29, 0.717) is 0 Å². The van der Waals surface area contributed by atoms with Gasteiger partial charge in [-0.15, -0.1) is 11.3 Å². The van der Waals surface area contributed by atoms with E-state index in [1.807, 2.05) is 31.4 Å². The van der Waals surface area contributed by atoms with Crippen molar-refractivity contribution in [3.63, 3.8) is 0 Å². The summed E-state index contributed by atoms with van der Waals surface area (Å²) in [6, 6.07) is 3.89. The fraction of sp³-hybridized carbons (Fsp3) is 0.636. The van der Waals surface area contributed by atoms with Crippen LogP contribution in [0.1, 0.15) is 31.2 Å². The van der Waals surface area contributed by atoms with Gasteiger partial charge >= 0.3 is 6.18 Å². The molecule has 0 aliphatic rings. The Morgan fingerprint density at radius 3 is 2.50 bits per heavy atom. The van der Waals surface area contributed by atoms with E-state index < -0.39 is 12.6 Å². The van der Waals surface area contributed by atoms with Gasteiger partial charge in [-0.2, -0.15) is 13.2 Å². The zero-order valence-electron chi connectivity index (χ0n) is 9.34. The van der Waals surface area contributed by atoms with Crippen molar-refractivity contribution in [2.24, 2.45) is 5.92 Å². The number of nitrogens with one attached hydrogen (secondary N) is 1. The monoisotopic (exact) mass is 251 g/mol. The van der Waals surface area contributed by atoms with Crippen molar-refractivity contribution in [3.8, 4) is 0 Å². The Labute approximate surface area is 97.7 Å². The maximum atomic E-state index is 12.0. The van der Waals surface area contributed by atoms with Crippen LogP contribution in [0, 0.1) is 5.92 Å². The summed E-state index contributed by atoms with van der Waals surface area (Å²) in [6.45, 7) is 3.99. The third kappa shape index (κ3) is 4.53. The molecule has 1 aromatic heterocycles. The lowest BCUT2D eigenvalue weighted by molar-refractivity contribution is -0.133. The number of alkyl halides is 3. The van der Waals surface area contributed by atoms with Crippen molar-refractivity contribution in [2.75, 3.05) is 6.54 Å². The highest BCUT2D eigenvalue weighted by Crippen LogP contribution is 2.26. The molecule has 0 fully saturated rings. The molecule has 0 radical (unpaired) electrons. The van der Waals surface area contributed by atoms with Gasteiger partial charge in [0.25, 0.3) is 0 Å². The fourth-order valence-corrected chi connectivity index (χ4v) is 2.48. The van der Waals surface area contributed by atoms with E-state index >= 15 is 0 Å². The average Bonchev–Trinajstić information content (AvgIpc) is 2.62. The minimum absolute atomic E-state index is 0.0161. The summed E-state index contributed by atoms with van der Waals surface area (Å²) < 4.78 is 36.0. The molecule has 0 saturated heterocycles. The molecule has 0 saturated carbocycles. The second kappa shape index (κ2) is 5.68. The largest absolute Gasteiger partial charge is 0.390 e. The molecule has 0 aliphatic heterocycles. The molecule has 1 unspecified atom stereocenters. The topological polar surface area (TPSA) is 12.0 Å². The minimum Gasteiger partial charge on any atom is -0.309 e. The van der Waals surface area contributed by atoms with Gasteiger partial charge in [0, 0.05) is 17.5 Å². The van der Waals surface area contributed by atoms with Crippen molar-refractivity contribution in [2.45, 2.75) is 32.5 Å². The number of rotatable bonds is 5. The zero-order chi connectivity index (χ0) is 12.2. The van der Waals surface area contributed by atoms with E-state index in [1.165, 1.54) is 0 Å². The maximum absolute atomic E-state index is 12.0. The van der Waals surface area contributed by atoms with E-state index in [-0.39, 0.29) is 18.5 Å². The standard InChI is InChI=1S/C11H16F3NS/c1-8(2)10(9-4-3-7-16-9)15-6-5-11(12,13)14/h3-4,7-8,10,15H,5-6H2,1-2H3. The number of halogens is 3. The first-order chi connectivity index (χ1) is 7.40. The van der Waals surface area contributed by atoms with Gasteiger partial charge < -0.3 is 5.32 Å². The van der Waals surface area contributed by atoms with Crippen LogP contribution in [0.3, 0.4) is 0 Å². The Hall–Kier alpha value is -0.550. The molecule has 1 N–H and O–H groups in total. The van der Waals surface area contributed by atoms with Gasteiger partial charge in [-0.3, -0.25) is 0 Å². The van der Waals surface area contributed by atoms with Gasteiger partial charge in [0.1, 0.15) is 0 Å². The first kappa shape index (κ1) is 13.5. The smallest absolute Gasteiger partial charge is 0.309 e. The Balaban J connectivity index is 2.48. The van der Waals surface area contributed by atoms with Crippen LogP contribution in [-0.2, 0) is 0 Å². The summed E-state index contributed by atoms with van der Waals surface area (Å²) in [5.41, 5.74) is 0. The molecule has 92 valence electrons. The second-order valence-electron chi connectivity index (χ2n) is 4.06. The molecule has 5 heteroatoms. The first-order valence-electron chi connectivity index (χ1n) is 5.23. The van der Waals surface area contributed by atoms with Gasteiger partial charge in [0.2, 0.25) is 0 Å². The van der Waals surface area contributed by atoms with Crippen LogP contribution < -0.4 is 5.32 Å². The summed E-state index contributed by atoms with van der Waals surface area (Å²) in [5, 5.41) is 4.91. The lowest BCUT2D eigenvalue weighted by Gasteiger charge is -2.21. The van der Waals surface area contributed by atoms with Gasteiger partial charge in [0.05, 0.1) is 6.42 Å². The fourth-order valence-electron chi connectivity index (χ4n) is 1.50. The first-order valence-corrected chi connectivity index (χ1v) is 6.11. The molecule has 0 amide bonds. The Morgan fingerprint density at radius 2 is 2.06 bits per heavy atom. The zero-order valence-corrected chi connectivity index (χ0v) is 10.2. The third-order valence-corrected chi connectivity index (χ3v) is 3.24. The van der Waals surface area contributed by atoms with Gasteiger partial charge in [-0.05, 0) is 17.4 Å². The van der Waals surface area contributed by atoms with Crippen LogP contribution in [0.5, 0.6) is 0 Å². The maximum Gasteiger partial charge on any atom is 0.390 e. The Bertz CT molecular complexity index is 293. The predicted octanol–water partition coefficient (Wildman–Crippen LogP) is 3.99. The summed E-state index contributed by atoms with van der Waals surface area (Å²) in [7, 11) is 0. The van der Waals surface area contributed by atoms with Crippen LogP contribution in [0.4, 0.5) is 13.2 Å². The van der Waals surface area contributed by atoms with E-state index in [2.05, 4.69) is 5.32 Å². The Kier molecular flexibility index (Phi) is 4.80. The highest BCUT2D eigenvalue weighted by molar-refractivity contribution is 7.10. The van der Waals surface area contributed by atoms with Crippen LogP contribution in [0.15, 0.2) is 17.5 Å². The minimum atomic E-state index is -4.08. The molecular formula is C11H16F3NS. The van der Waals surface area contributed by atoms with Crippen molar-refractivity contribution in [3.05, 3.63) is 22.4 Å². The van der Waals surface area contributed by atoms with E-state index in [9.17, 15) is 13.2 Å². The molecule has 1 nitrogen and oxygen atoms in total. The van der Waals surface area contributed by atoms with Gasteiger partial charge in [0.15, 0.2) is 0 Å². The van der Waals surface area contributed by atoms with Gasteiger partial charge in [-0.1, -0.05) is 19.9 Å². The average molecular weight is 251 g/mol. The molecule has 0 spiro atoms. The quantitative estimate of drug-likeness (QED) is 0.834. The highest BCUT2D eigenvalue weighted by atomic mass is 32.1. The molecule has 0 aliphatic carbocycles. The van der Waals surface area contributed by atoms with Crippen molar-refractivity contribution < 1.29 is 13.2 Å². The van der Waals surface area contributed by atoms with Crippen LogP contribution in [0.25, 0.3) is 0 Å². The van der Waals surface area contributed by atoms with Crippen molar-refractivity contribution in [1.29, 1.82) is 0 Å². The van der Waals surface area contributed by atoms with Crippen molar-refractivity contribution >= 4 is 11.3 Å². The molecule has 1 heterocycles. The molecule has 1 rings (SSSR count). The number of hydrogen-bond donors (Lipinski definition) is 1. The SMILES string of the molecule is CC(C)C(NCCC(F)(F)F)c1cccs1. The Morgan fingerprint density at radius 1 is 1.38 bits per heavy atom. The van der Waals surface area contributed by atoms with Crippen molar-refractivity contribution in [1.82, 2.24) is 5.32 Å². The lowest BCUT2D eigenvalue weighted by atomic mass is 10.0. The molecule has 1 atom stereocenters. The molecule has 0 bridgehead atoms. The second-order valence-corrected chi connectivity index (χ2v) is 5.04. The predicted molar refractivity (Wildman–Crippen MR) is 60.6 cm³/mol. The van der Waals surface area contributed by atoms with E-state index in [4.69, 9.17) is 0 Å². The highest BCUT2D eigenvalue weighted by Gasteiger charge is 2.27. The summed E-state index contributed by atoms with van der Waals surface area (Å²) in [6.07, 6.45) is -4.86. The summed E-state index contributed by atoms with van der Waals surface area (Å²) in [4.78, 5) is 1.09. The summed E-state index contributed by atoms with van der Waals surface area (Å²) >= 11 is 1.57. The molecule has 1 aromatic rings. The van der Waals surface area contributed by atoms with Crippen LogP contribution in [-0.4, -0.2) is 12.7 Å². The van der Waals surface area contributed by atoms with Crippen LogP contribution >= 0.6 is 11.3 Å². The molecule has 16 heavy (non-hydrogen) atoms. The summed E-state index contributed by atoms with van der Waals surface area (Å²) in [5.74, 6) is 0.284. The molecular weight excluding hydrogens is 235 g/mol. The number of thiophene rings is 1. The van der Waals surface area contributed by atoms with Gasteiger partial charge in [-0.25, -0.2) is 0 Å². The normalized spacial score (nSPS) is 14.4. The van der Waals surface area contributed by atoms with Crippen LogP contribution in [0.2, 0.25) is 0 Å². The lowest BCUT2D eigenvalue weighted by Crippen LogP contribution is -2.28. The third-order valence-electron chi connectivity index (χ3n) is 2.29. The van der Waals surface area contributed by atoms with E-state index in [1.54, 1.807) is 11.3 Å². The molecule has 0 aromatic carbocycles. The number of hydrogen-bond acceptors (Lipinski definition) is 2.